The molecule has 7 nitrogen and oxygen atoms in total. The average molecular weight is 504 g/mol. The highest BCUT2D eigenvalue weighted by Gasteiger charge is 2.13. The fourth-order valence-electron chi connectivity index (χ4n) is 2.92. The Morgan fingerprint density at radius 1 is 1.29 bits per heavy atom. The molecule has 1 amide bonds. The Balaban J connectivity index is 0.00000392. The lowest BCUT2D eigenvalue weighted by atomic mass is 10.0. The maximum Gasteiger partial charge on any atom is 0.251 e. The Morgan fingerprint density at radius 3 is 2.79 bits per heavy atom. The summed E-state index contributed by atoms with van der Waals surface area (Å²) in [6, 6.07) is 7.55. The monoisotopic (exact) mass is 504 g/mol. The molecule has 1 aliphatic heterocycles. The van der Waals surface area contributed by atoms with Gasteiger partial charge in [0.2, 0.25) is 0 Å². The SMILES string of the molecule is CN=C(NCCCOCC1CCOCC1)NCc1cccc(C(=O)NC)c1.I. The van der Waals surface area contributed by atoms with Crippen LogP contribution in [-0.2, 0) is 16.0 Å². The number of hydrogen-bond donors (Lipinski definition) is 3. The van der Waals surface area contributed by atoms with Crippen molar-refractivity contribution >= 4 is 35.8 Å². The Kier molecular flexibility index (Phi) is 12.8. The van der Waals surface area contributed by atoms with Gasteiger partial charge in [-0.05, 0) is 42.9 Å². The van der Waals surface area contributed by atoms with Gasteiger partial charge < -0.3 is 25.4 Å². The summed E-state index contributed by atoms with van der Waals surface area (Å²) in [6.07, 6.45) is 3.14. The molecule has 2 rings (SSSR count). The van der Waals surface area contributed by atoms with Crippen molar-refractivity contribution in [1.29, 1.82) is 0 Å². The summed E-state index contributed by atoms with van der Waals surface area (Å²) in [5, 5.41) is 9.19. The third kappa shape index (κ3) is 9.20. The van der Waals surface area contributed by atoms with E-state index in [2.05, 4.69) is 20.9 Å². The number of nitrogens with one attached hydrogen (secondary N) is 3. The number of halogens is 1. The quantitative estimate of drug-likeness (QED) is 0.208. The van der Waals surface area contributed by atoms with Crippen molar-refractivity contribution in [2.24, 2.45) is 10.9 Å². The summed E-state index contributed by atoms with van der Waals surface area (Å²) >= 11 is 0. The van der Waals surface area contributed by atoms with Crippen molar-refractivity contribution < 1.29 is 14.3 Å². The Hall–Kier alpha value is -1.39. The van der Waals surface area contributed by atoms with Gasteiger partial charge in [-0.2, -0.15) is 0 Å². The standard InChI is InChI=1S/C20H32N4O3.HI/c1-21-19(25)18-6-3-5-17(13-18)14-24-20(22-2)23-9-4-10-27-15-16-7-11-26-12-8-16;/h3,5-6,13,16H,4,7-12,14-15H2,1-2H3,(H,21,25)(H2,22,23,24);1H. The molecule has 1 heterocycles. The fourth-order valence-corrected chi connectivity index (χ4v) is 2.92. The summed E-state index contributed by atoms with van der Waals surface area (Å²) < 4.78 is 11.1. The topological polar surface area (TPSA) is 84.0 Å². The van der Waals surface area contributed by atoms with Crippen LogP contribution in [0.3, 0.4) is 0 Å². The molecule has 1 aromatic rings. The number of aliphatic imine (C=N–C) groups is 1. The van der Waals surface area contributed by atoms with E-state index in [1.807, 2.05) is 18.2 Å². The molecule has 0 atom stereocenters. The number of nitrogens with zero attached hydrogens (tertiary/aromatic N) is 1. The van der Waals surface area contributed by atoms with Crippen molar-refractivity contribution in [3.63, 3.8) is 0 Å². The molecule has 0 radical (unpaired) electrons. The zero-order valence-corrected chi connectivity index (χ0v) is 19.2. The maximum atomic E-state index is 11.7. The number of amides is 1. The lowest BCUT2D eigenvalue weighted by molar-refractivity contribution is 0.0203. The molecule has 0 saturated carbocycles. The van der Waals surface area contributed by atoms with Gasteiger partial charge in [0, 0.05) is 59.2 Å². The molecule has 0 spiro atoms. The van der Waals surface area contributed by atoms with Crippen LogP contribution in [0.15, 0.2) is 29.3 Å². The number of rotatable bonds is 9. The van der Waals surface area contributed by atoms with Crippen LogP contribution in [0.25, 0.3) is 0 Å². The Bertz CT molecular complexity index is 607. The first-order chi connectivity index (χ1) is 13.2. The largest absolute Gasteiger partial charge is 0.381 e. The van der Waals surface area contributed by atoms with Crippen molar-refractivity contribution in [3.05, 3.63) is 35.4 Å². The molecule has 1 aliphatic rings. The van der Waals surface area contributed by atoms with E-state index in [-0.39, 0.29) is 29.9 Å². The Labute approximate surface area is 185 Å². The number of guanidine groups is 1. The number of carbonyl (C=O) groups is 1. The van der Waals surface area contributed by atoms with Gasteiger partial charge in [-0.25, -0.2) is 0 Å². The van der Waals surface area contributed by atoms with Crippen LogP contribution < -0.4 is 16.0 Å². The summed E-state index contributed by atoms with van der Waals surface area (Å²) in [6.45, 7) is 4.71. The van der Waals surface area contributed by atoms with Gasteiger partial charge in [-0.1, -0.05) is 12.1 Å². The molecule has 8 heteroatoms. The lowest BCUT2D eigenvalue weighted by Crippen LogP contribution is -2.37. The molecule has 0 bridgehead atoms. The highest BCUT2D eigenvalue weighted by molar-refractivity contribution is 14.0. The predicted molar refractivity (Wildman–Crippen MR) is 122 cm³/mol. The molecule has 1 fully saturated rings. The minimum atomic E-state index is -0.0832. The van der Waals surface area contributed by atoms with Crippen LogP contribution in [-0.4, -0.2) is 58.9 Å². The van der Waals surface area contributed by atoms with Gasteiger partial charge in [0.1, 0.15) is 0 Å². The van der Waals surface area contributed by atoms with Gasteiger partial charge in [-0.3, -0.25) is 9.79 Å². The summed E-state index contributed by atoms with van der Waals surface area (Å²) in [5.74, 6) is 1.30. The first kappa shape index (κ1) is 24.6. The minimum Gasteiger partial charge on any atom is -0.381 e. The number of hydrogen-bond acceptors (Lipinski definition) is 4. The van der Waals surface area contributed by atoms with Crippen molar-refractivity contribution in [3.8, 4) is 0 Å². The van der Waals surface area contributed by atoms with Crippen molar-refractivity contribution in [2.45, 2.75) is 25.8 Å². The normalized spacial score (nSPS) is 14.9. The summed E-state index contributed by atoms with van der Waals surface area (Å²) in [7, 11) is 3.38. The molecule has 0 unspecified atom stereocenters. The second kappa shape index (κ2) is 14.6. The average Bonchev–Trinajstić information content (AvgIpc) is 2.73. The third-order valence-electron chi connectivity index (χ3n) is 4.55. The van der Waals surface area contributed by atoms with Crippen LogP contribution in [0.4, 0.5) is 0 Å². The third-order valence-corrected chi connectivity index (χ3v) is 4.55. The zero-order chi connectivity index (χ0) is 19.3. The van der Waals surface area contributed by atoms with Gasteiger partial charge in [0.15, 0.2) is 5.96 Å². The van der Waals surface area contributed by atoms with Crippen LogP contribution >= 0.6 is 24.0 Å². The molecule has 0 aromatic heterocycles. The molecule has 1 saturated heterocycles. The summed E-state index contributed by atoms with van der Waals surface area (Å²) in [4.78, 5) is 15.9. The van der Waals surface area contributed by atoms with Crippen LogP contribution in [0.1, 0.15) is 35.2 Å². The van der Waals surface area contributed by atoms with E-state index in [0.29, 0.717) is 18.0 Å². The first-order valence-corrected chi connectivity index (χ1v) is 9.64. The van der Waals surface area contributed by atoms with Gasteiger partial charge in [0.25, 0.3) is 5.91 Å². The summed E-state index contributed by atoms with van der Waals surface area (Å²) in [5.41, 5.74) is 1.68. The van der Waals surface area contributed by atoms with Gasteiger partial charge in [0.05, 0.1) is 0 Å². The number of benzene rings is 1. The van der Waals surface area contributed by atoms with Crippen molar-refractivity contribution in [2.75, 3.05) is 47.1 Å². The Morgan fingerprint density at radius 2 is 2.07 bits per heavy atom. The second-order valence-corrected chi connectivity index (χ2v) is 6.62. The highest BCUT2D eigenvalue weighted by Crippen LogP contribution is 2.14. The minimum absolute atomic E-state index is 0. The first-order valence-electron chi connectivity index (χ1n) is 9.64. The van der Waals surface area contributed by atoms with E-state index in [1.165, 1.54) is 0 Å². The van der Waals surface area contributed by atoms with Crippen LogP contribution in [0.5, 0.6) is 0 Å². The molecular weight excluding hydrogens is 471 g/mol. The lowest BCUT2D eigenvalue weighted by Gasteiger charge is -2.21. The van der Waals surface area contributed by atoms with E-state index in [1.54, 1.807) is 20.2 Å². The number of carbonyl (C=O) groups excluding carboxylic acids is 1. The van der Waals surface area contributed by atoms with Crippen LogP contribution in [0, 0.1) is 5.92 Å². The smallest absolute Gasteiger partial charge is 0.251 e. The molecule has 3 N–H and O–H groups in total. The van der Waals surface area contributed by atoms with E-state index in [0.717, 1.165) is 63.8 Å². The van der Waals surface area contributed by atoms with Gasteiger partial charge >= 0.3 is 0 Å². The predicted octanol–water partition coefficient (Wildman–Crippen LogP) is 2.16. The number of ether oxygens (including phenoxy) is 2. The fraction of sp³-hybridized carbons (Fsp3) is 0.600. The maximum absolute atomic E-state index is 11.7. The van der Waals surface area contributed by atoms with E-state index >= 15 is 0 Å². The van der Waals surface area contributed by atoms with Crippen LogP contribution in [0.2, 0.25) is 0 Å². The van der Waals surface area contributed by atoms with Gasteiger partial charge in [-0.15, -0.1) is 24.0 Å². The van der Waals surface area contributed by atoms with Crippen molar-refractivity contribution in [1.82, 2.24) is 16.0 Å². The molecule has 0 aliphatic carbocycles. The van der Waals surface area contributed by atoms with E-state index in [9.17, 15) is 4.79 Å². The zero-order valence-electron chi connectivity index (χ0n) is 16.8. The van der Waals surface area contributed by atoms with E-state index < -0.39 is 0 Å². The second-order valence-electron chi connectivity index (χ2n) is 6.62. The van der Waals surface area contributed by atoms with E-state index in [4.69, 9.17) is 9.47 Å². The molecular formula is C20H33IN4O3. The molecule has 158 valence electrons. The molecule has 28 heavy (non-hydrogen) atoms. The highest BCUT2D eigenvalue weighted by atomic mass is 127. The molecule has 1 aromatic carbocycles.